The molecule has 30 heavy (non-hydrogen) atoms. The fourth-order valence-corrected chi connectivity index (χ4v) is 5.46. The van der Waals surface area contributed by atoms with E-state index in [4.69, 9.17) is 4.74 Å². The van der Waals surface area contributed by atoms with E-state index in [0.717, 1.165) is 27.7 Å². The maximum absolute atomic E-state index is 12.7. The lowest BCUT2D eigenvalue weighted by Gasteiger charge is -2.09. The topological polar surface area (TPSA) is 93.2 Å². The molecule has 158 valence electrons. The van der Waals surface area contributed by atoms with Crippen molar-refractivity contribution in [3.05, 3.63) is 40.8 Å². The maximum Gasteiger partial charge on any atom is 0.341 e. The second-order valence-electron chi connectivity index (χ2n) is 6.06. The predicted octanol–water partition coefficient (Wildman–Crippen LogP) is 4.91. The molecule has 1 amide bonds. The first-order chi connectivity index (χ1) is 14.5. The van der Waals surface area contributed by atoms with Gasteiger partial charge in [0.15, 0.2) is 4.34 Å². The van der Waals surface area contributed by atoms with Crippen LogP contribution in [0.1, 0.15) is 29.1 Å². The van der Waals surface area contributed by atoms with Crippen LogP contribution in [0.15, 0.2) is 34.7 Å². The van der Waals surface area contributed by atoms with Gasteiger partial charge in [-0.3, -0.25) is 4.79 Å². The molecule has 3 rings (SSSR count). The van der Waals surface area contributed by atoms with Crippen LogP contribution in [0.2, 0.25) is 0 Å². The Morgan fingerprint density at radius 1 is 1.13 bits per heavy atom. The number of carbonyl (C=O) groups excluding carboxylic acids is 2. The van der Waals surface area contributed by atoms with E-state index in [1.165, 1.54) is 34.4 Å². The van der Waals surface area contributed by atoms with E-state index in [1.54, 1.807) is 6.92 Å². The van der Waals surface area contributed by atoms with Gasteiger partial charge >= 0.3 is 5.97 Å². The lowest BCUT2D eigenvalue weighted by atomic mass is 10.0. The average Bonchev–Trinajstić information content (AvgIpc) is 3.31. The van der Waals surface area contributed by atoms with E-state index < -0.39 is 5.97 Å². The Morgan fingerprint density at radius 3 is 2.60 bits per heavy atom. The molecule has 0 aliphatic heterocycles. The van der Waals surface area contributed by atoms with Crippen molar-refractivity contribution in [1.82, 2.24) is 10.2 Å². The molecule has 0 saturated heterocycles. The molecule has 0 spiro atoms. The molecule has 0 radical (unpaired) electrons. The molecular formula is C20H22N4O3S3. The average molecular weight is 463 g/mol. The highest BCUT2D eigenvalue weighted by Crippen LogP contribution is 2.40. The van der Waals surface area contributed by atoms with E-state index in [-0.39, 0.29) is 18.3 Å². The summed E-state index contributed by atoms with van der Waals surface area (Å²) >= 11 is 4.08. The number of ether oxygens (including phenoxy) is 1. The number of aromatic nitrogens is 2. The maximum atomic E-state index is 12.7. The molecule has 7 nitrogen and oxygen atoms in total. The zero-order chi connectivity index (χ0) is 21.5. The van der Waals surface area contributed by atoms with E-state index >= 15 is 0 Å². The van der Waals surface area contributed by atoms with Gasteiger partial charge in [-0.1, -0.05) is 53.4 Å². The van der Waals surface area contributed by atoms with Crippen molar-refractivity contribution in [3.63, 3.8) is 0 Å². The zero-order valence-corrected chi connectivity index (χ0v) is 19.3. The SMILES string of the molecule is CCNc1nnc(SCC(=O)Nc2sc(C)c(-c3ccccc3)c2C(=O)OCC)s1. The number of hydrogen-bond donors (Lipinski definition) is 2. The second-order valence-corrected chi connectivity index (χ2v) is 9.49. The number of amides is 1. The Bertz CT molecular complexity index is 1020. The Labute approximate surface area is 187 Å². The zero-order valence-electron chi connectivity index (χ0n) is 16.9. The summed E-state index contributed by atoms with van der Waals surface area (Å²) in [6, 6.07) is 9.64. The molecule has 0 atom stereocenters. The third-order valence-corrected chi connectivity index (χ3v) is 6.98. The van der Waals surface area contributed by atoms with Gasteiger partial charge < -0.3 is 15.4 Å². The molecule has 1 aromatic carbocycles. The van der Waals surface area contributed by atoms with Crippen LogP contribution in [-0.4, -0.2) is 41.0 Å². The number of hydrogen-bond acceptors (Lipinski definition) is 9. The first kappa shape index (κ1) is 22.3. The van der Waals surface area contributed by atoms with Gasteiger partial charge in [0, 0.05) is 17.0 Å². The van der Waals surface area contributed by atoms with Gasteiger partial charge in [-0.05, 0) is 26.3 Å². The van der Waals surface area contributed by atoms with Crippen LogP contribution in [0, 0.1) is 6.92 Å². The number of benzene rings is 1. The number of carbonyl (C=O) groups is 2. The molecule has 0 saturated carbocycles. The van der Waals surface area contributed by atoms with E-state index in [2.05, 4.69) is 20.8 Å². The van der Waals surface area contributed by atoms with Gasteiger partial charge in [-0.25, -0.2) is 4.79 Å². The van der Waals surface area contributed by atoms with Crippen molar-refractivity contribution < 1.29 is 14.3 Å². The smallest absolute Gasteiger partial charge is 0.341 e. The summed E-state index contributed by atoms with van der Waals surface area (Å²) in [5.74, 6) is -0.490. The molecule has 2 N–H and O–H groups in total. The molecule has 2 aromatic heterocycles. The van der Waals surface area contributed by atoms with Crippen LogP contribution in [0.5, 0.6) is 0 Å². The number of aryl methyl sites for hydroxylation is 1. The van der Waals surface area contributed by atoms with Gasteiger partial charge in [0.2, 0.25) is 11.0 Å². The summed E-state index contributed by atoms with van der Waals surface area (Å²) in [6.07, 6.45) is 0. The molecule has 0 bridgehead atoms. The van der Waals surface area contributed by atoms with E-state index in [0.29, 0.717) is 14.9 Å². The third-order valence-electron chi connectivity index (χ3n) is 3.94. The highest BCUT2D eigenvalue weighted by molar-refractivity contribution is 8.01. The summed E-state index contributed by atoms with van der Waals surface area (Å²) in [5.41, 5.74) is 2.10. The second kappa shape index (κ2) is 10.6. The number of nitrogens with one attached hydrogen (secondary N) is 2. The van der Waals surface area contributed by atoms with Crippen LogP contribution in [-0.2, 0) is 9.53 Å². The number of thiophene rings is 1. The van der Waals surface area contributed by atoms with Crippen molar-refractivity contribution in [2.75, 3.05) is 29.5 Å². The minimum absolute atomic E-state index is 0.167. The summed E-state index contributed by atoms with van der Waals surface area (Å²) in [4.78, 5) is 26.2. The molecule has 2 heterocycles. The summed E-state index contributed by atoms with van der Waals surface area (Å²) in [7, 11) is 0. The lowest BCUT2D eigenvalue weighted by Crippen LogP contribution is -2.16. The van der Waals surface area contributed by atoms with Crippen molar-refractivity contribution in [3.8, 4) is 11.1 Å². The number of anilines is 2. The summed E-state index contributed by atoms with van der Waals surface area (Å²) in [5, 5.41) is 15.3. The first-order valence-corrected chi connectivity index (χ1v) is 12.0. The molecule has 10 heteroatoms. The highest BCUT2D eigenvalue weighted by Gasteiger charge is 2.25. The quantitative estimate of drug-likeness (QED) is 0.344. The Hall–Kier alpha value is -2.43. The lowest BCUT2D eigenvalue weighted by molar-refractivity contribution is -0.113. The first-order valence-electron chi connectivity index (χ1n) is 9.39. The molecule has 0 aliphatic carbocycles. The molecule has 3 aromatic rings. The molecule has 0 unspecified atom stereocenters. The van der Waals surface area contributed by atoms with Crippen molar-refractivity contribution in [2.45, 2.75) is 25.1 Å². The number of thioether (sulfide) groups is 1. The van der Waals surface area contributed by atoms with Gasteiger partial charge in [0.25, 0.3) is 0 Å². The fraction of sp³-hybridized carbons (Fsp3) is 0.300. The normalized spacial score (nSPS) is 10.6. The monoisotopic (exact) mass is 462 g/mol. The number of nitrogens with zero attached hydrogens (tertiary/aromatic N) is 2. The van der Waals surface area contributed by atoms with Crippen LogP contribution in [0.3, 0.4) is 0 Å². The van der Waals surface area contributed by atoms with Crippen LogP contribution in [0.25, 0.3) is 11.1 Å². The van der Waals surface area contributed by atoms with Crippen molar-refractivity contribution in [2.24, 2.45) is 0 Å². The molecule has 0 aliphatic rings. The Balaban J connectivity index is 1.79. The van der Waals surface area contributed by atoms with Gasteiger partial charge in [0.05, 0.1) is 12.4 Å². The number of rotatable bonds is 9. The van der Waals surface area contributed by atoms with Gasteiger partial charge in [-0.2, -0.15) is 0 Å². The van der Waals surface area contributed by atoms with Crippen molar-refractivity contribution in [1.29, 1.82) is 0 Å². The largest absolute Gasteiger partial charge is 0.462 e. The summed E-state index contributed by atoms with van der Waals surface area (Å²) in [6.45, 7) is 6.70. The third kappa shape index (κ3) is 5.38. The van der Waals surface area contributed by atoms with E-state index in [1.807, 2.05) is 44.2 Å². The Morgan fingerprint density at radius 2 is 1.90 bits per heavy atom. The highest BCUT2D eigenvalue weighted by atomic mass is 32.2. The molecule has 0 fully saturated rings. The van der Waals surface area contributed by atoms with Crippen LogP contribution in [0.4, 0.5) is 10.1 Å². The van der Waals surface area contributed by atoms with E-state index in [9.17, 15) is 9.59 Å². The predicted molar refractivity (Wildman–Crippen MR) is 124 cm³/mol. The Kier molecular flexibility index (Phi) is 7.83. The van der Waals surface area contributed by atoms with Gasteiger partial charge in [-0.15, -0.1) is 21.5 Å². The fourth-order valence-electron chi connectivity index (χ4n) is 2.76. The number of esters is 1. The van der Waals surface area contributed by atoms with Crippen LogP contribution >= 0.6 is 34.4 Å². The minimum atomic E-state index is -0.442. The molecular weight excluding hydrogens is 440 g/mol. The minimum Gasteiger partial charge on any atom is -0.462 e. The standard InChI is InChI=1S/C20H22N4O3S3/c1-4-21-19-23-24-20(30-19)28-11-14(25)22-17-16(18(26)27-5-2)15(12(3)29-17)13-9-7-6-8-10-13/h6-10H,4-5,11H2,1-3H3,(H,21,23)(H,22,25). The van der Waals surface area contributed by atoms with Crippen molar-refractivity contribution >= 4 is 56.4 Å². The summed E-state index contributed by atoms with van der Waals surface area (Å²) < 4.78 is 5.98. The van der Waals surface area contributed by atoms with Crippen LogP contribution < -0.4 is 10.6 Å². The van der Waals surface area contributed by atoms with Gasteiger partial charge in [0.1, 0.15) is 10.6 Å².